The third-order valence-electron chi connectivity index (χ3n) is 5.88. The largest absolute Gasteiger partial charge is 0.377 e. The van der Waals surface area contributed by atoms with Gasteiger partial charge in [0.1, 0.15) is 0 Å². The molecule has 2 amide bonds. The molecule has 3 aromatic rings. The van der Waals surface area contributed by atoms with Crippen LogP contribution in [0.4, 0.5) is 16.2 Å². The number of hydrogen-bond acceptors (Lipinski definition) is 3. The highest BCUT2D eigenvalue weighted by Crippen LogP contribution is 2.35. The fourth-order valence-corrected chi connectivity index (χ4v) is 4.20. The predicted octanol–water partition coefficient (Wildman–Crippen LogP) is 6.66. The number of halogens is 1. The third-order valence-corrected chi connectivity index (χ3v) is 6.11. The summed E-state index contributed by atoms with van der Waals surface area (Å²) < 4.78 is 0. The highest BCUT2D eigenvalue weighted by Gasteiger charge is 2.26. The summed E-state index contributed by atoms with van der Waals surface area (Å²) in [5, 5.41) is 11.6. The maximum atomic E-state index is 12.5. The van der Waals surface area contributed by atoms with Crippen molar-refractivity contribution in [3.8, 4) is 0 Å². The first-order valence-corrected chi connectivity index (χ1v) is 11.0. The van der Waals surface area contributed by atoms with E-state index in [0.717, 1.165) is 28.2 Å². The summed E-state index contributed by atoms with van der Waals surface area (Å²) in [5.41, 5.74) is 12.0. The highest BCUT2D eigenvalue weighted by molar-refractivity contribution is 6.31. The SMILES string of the molecule is Cc1ccc(C2CC(=NNC(=O)Nc3ccc(C)c(C)c3)c3cc(Cl)ccc3N2)c(C)c1. The Balaban J connectivity index is 1.59. The molecule has 3 aromatic carbocycles. The summed E-state index contributed by atoms with van der Waals surface area (Å²) in [7, 11) is 0. The van der Waals surface area contributed by atoms with Crippen molar-refractivity contribution in [1.82, 2.24) is 5.43 Å². The Morgan fingerprint density at radius 2 is 1.78 bits per heavy atom. The van der Waals surface area contributed by atoms with Gasteiger partial charge < -0.3 is 10.6 Å². The summed E-state index contributed by atoms with van der Waals surface area (Å²) in [5.74, 6) is 0. The first-order valence-electron chi connectivity index (χ1n) is 10.6. The first kappa shape index (κ1) is 21.9. The highest BCUT2D eigenvalue weighted by atomic mass is 35.5. The fraction of sp³-hybridized carbons (Fsp3) is 0.231. The molecule has 1 atom stereocenters. The molecule has 0 fully saturated rings. The van der Waals surface area contributed by atoms with Gasteiger partial charge in [-0.05, 0) is 80.3 Å². The molecular formula is C26H27ClN4O. The van der Waals surface area contributed by atoms with Crippen LogP contribution < -0.4 is 16.1 Å². The lowest BCUT2D eigenvalue weighted by Gasteiger charge is -2.29. The number of benzene rings is 3. The number of rotatable bonds is 3. The number of aryl methyl sites for hydroxylation is 4. The van der Waals surface area contributed by atoms with Crippen LogP contribution in [0.25, 0.3) is 0 Å². The molecule has 0 saturated carbocycles. The molecule has 5 nitrogen and oxygen atoms in total. The van der Waals surface area contributed by atoms with Crippen LogP contribution in [0.2, 0.25) is 5.02 Å². The second-order valence-electron chi connectivity index (χ2n) is 8.37. The molecule has 0 aromatic heterocycles. The molecule has 0 bridgehead atoms. The number of carbonyl (C=O) groups excluding carboxylic acids is 1. The average Bonchev–Trinajstić information content (AvgIpc) is 2.74. The van der Waals surface area contributed by atoms with E-state index in [1.54, 1.807) is 0 Å². The standard InChI is InChI=1S/C26H27ClN4O/c1-15-5-9-21(18(4)11-15)24-14-25(22-13-19(27)7-10-23(22)29-24)30-31-26(32)28-20-8-6-16(2)17(3)12-20/h5-13,24,29H,14H2,1-4H3,(H2,28,31,32). The maximum absolute atomic E-state index is 12.5. The molecule has 6 heteroatoms. The molecule has 1 heterocycles. The molecule has 1 aliphatic heterocycles. The van der Waals surface area contributed by atoms with Crippen molar-refractivity contribution in [3.63, 3.8) is 0 Å². The van der Waals surface area contributed by atoms with Crippen molar-refractivity contribution in [2.75, 3.05) is 10.6 Å². The van der Waals surface area contributed by atoms with Crippen molar-refractivity contribution in [2.45, 2.75) is 40.2 Å². The first-order chi connectivity index (χ1) is 15.3. The van der Waals surface area contributed by atoms with Crippen molar-refractivity contribution in [3.05, 3.63) is 93.0 Å². The Morgan fingerprint density at radius 3 is 2.53 bits per heavy atom. The number of hydrazone groups is 1. The average molecular weight is 447 g/mol. The molecule has 1 unspecified atom stereocenters. The van der Waals surface area contributed by atoms with Gasteiger partial charge in [-0.1, -0.05) is 41.4 Å². The van der Waals surface area contributed by atoms with E-state index in [-0.39, 0.29) is 12.1 Å². The van der Waals surface area contributed by atoms with Gasteiger partial charge in [-0.2, -0.15) is 5.10 Å². The zero-order valence-corrected chi connectivity index (χ0v) is 19.5. The van der Waals surface area contributed by atoms with Gasteiger partial charge >= 0.3 is 6.03 Å². The molecule has 0 aliphatic carbocycles. The van der Waals surface area contributed by atoms with Crippen LogP contribution in [0.3, 0.4) is 0 Å². The van der Waals surface area contributed by atoms with Gasteiger partial charge in [0.05, 0.1) is 11.8 Å². The minimum Gasteiger partial charge on any atom is -0.377 e. The monoisotopic (exact) mass is 446 g/mol. The molecule has 164 valence electrons. The minimum atomic E-state index is -0.383. The number of nitrogens with one attached hydrogen (secondary N) is 3. The fourth-order valence-electron chi connectivity index (χ4n) is 4.03. The molecule has 32 heavy (non-hydrogen) atoms. The van der Waals surface area contributed by atoms with E-state index in [9.17, 15) is 4.79 Å². The van der Waals surface area contributed by atoms with Crippen molar-refractivity contribution in [1.29, 1.82) is 0 Å². The number of fused-ring (bicyclic) bond motifs is 1. The van der Waals surface area contributed by atoms with E-state index < -0.39 is 0 Å². The van der Waals surface area contributed by atoms with Gasteiger partial charge in [0.2, 0.25) is 0 Å². The van der Waals surface area contributed by atoms with Crippen LogP contribution in [0.1, 0.15) is 45.8 Å². The van der Waals surface area contributed by atoms with E-state index in [4.69, 9.17) is 11.6 Å². The van der Waals surface area contributed by atoms with Gasteiger partial charge in [0.25, 0.3) is 0 Å². The molecule has 0 saturated heterocycles. The number of anilines is 2. The van der Waals surface area contributed by atoms with Crippen molar-refractivity contribution < 1.29 is 4.79 Å². The van der Waals surface area contributed by atoms with Crippen molar-refractivity contribution in [2.24, 2.45) is 5.10 Å². The zero-order valence-electron chi connectivity index (χ0n) is 18.7. The Labute approximate surface area is 193 Å². The molecule has 3 N–H and O–H groups in total. The van der Waals surface area contributed by atoms with Crippen LogP contribution in [-0.2, 0) is 0 Å². The summed E-state index contributed by atoms with van der Waals surface area (Å²) in [6.07, 6.45) is 0.626. The zero-order chi connectivity index (χ0) is 22.8. The van der Waals surface area contributed by atoms with E-state index in [0.29, 0.717) is 11.4 Å². The Bertz CT molecular complexity index is 1220. The van der Waals surface area contributed by atoms with Gasteiger partial charge in [-0.15, -0.1) is 0 Å². The van der Waals surface area contributed by atoms with Crippen LogP contribution in [-0.4, -0.2) is 11.7 Å². The molecule has 1 aliphatic rings. The van der Waals surface area contributed by atoms with E-state index in [1.807, 2.05) is 50.2 Å². The Morgan fingerprint density at radius 1 is 0.969 bits per heavy atom. The second kappa shape index (κ2) is 9.05. The van der Waals surface area contributed by atoms with E-state index in [2.05, 4.69) is 53.2 Å². The minimum absolute atomic E-state index is 0.0487. The summed E-state index contributed by atoms with van der Waals surface area (Å²) in [6.45, 7) is 8.26. The smallest absolute Gasteiger partial charge is 0.339 e. The lowest BCUT2D eigenvalue weighted by molar-refractivity contribution is 0.252. The van der Waals surface area contributed by atoms with Gasteiger partial charge in [0.15, 0.2) is 0 Å². The lowest BCUT2D eigenvalue weighted by Crippen LogP contribution is -2.29. The number of nitrogens with zero attached hydrogens (tertiary/aromatic N) is 1. The van der Waals surface area contributed by atoms with E-state index >= 15 is 0 Å². The van der Waals surface area contributed by atoms with Crippen molar-refractivity contribution >= 4 is 34.7 Å². The molecule has 0 spiro atoms. The van der Waals surface area contributed by atoms with Crippen LogP contribution in [0.15, 0.2) is 59.7 Å². The normalized spacial score (nSPS) is 16.3. The molecular weight excluding hydrogens is 420 g/mol. The second-order valence-corrected chi connectivity index (χ2v) is 8.81. The number of amides is 2. The number of carbonyl (C=O) groups is 1. The molecule has 0 radical (unpaired) electrons. The predicted molar refractivity (Wildman–Crippen MR) is 133 cm³/mol. The van der Waals surface area contributed by atoms with Crippen LogP contribution >= 0.6 is 11.6 Å². The van der Waals surface area contributed by atoms with Gasteiger partial charge in [-0.25, -0.2) is 10.2 Å². The van der Waals surface area contributed by atoms with E-state index in [1.165, 1.54) is 22.3 Å². The van der Waals surface area contributed by atoms with Crippen LogP contribution in [0, 0.1) is 27.7 Å². The maximum Gasteiger partial charge on any atom is 0.339 e. The van der Waals surface area contributed by atoms with Crippen LogP contribution in [0.5, 0.6) is 0 Å². The third kappa shape index (κ3) is 4.78. The molecule has 4 rings (SSSR count). The summed E-state index contributed by atoms with van der Waals surface area (Å²) >= 11 is 6.25. The Kier molecular flexibility index (Phi) is 6.19. The van der Waals surface area contributed by atoms with Gasteiger partial charge in [0, 0.05) is 28.4 Å². The summed E-state index contributed by atoms with van der Waals surface area (Å²) in [4.78, 5) is 12.5. The number of hydrogen-bond donors (Lipinski definition) is 3. The quantitative estimate of drug-likeness (QED) is 0.394. The van der Waals surface area contributed by atoms with Gasteiger partial charge in [-0.3, -0.25) is 0 Å². The Hall–Kier alpha value is -3.31. The summed E-state index contributed by atoms with van der Waals surface area (Å²) in [6, 6.07) is 17.6. The number of urea groups is 1. The topological polar surface area (TPSA) is 65.5 Å². The lowest BCUT2D eigenvalue weighted by atomic mass is 9.89.